The Kier molecular flexibility index (Phi) is 4.57. The number of ketones is 1. The van der Waals surface area contributed by atoms with Gasteiger partial charge in [0.1, 0.15) is 17.1 Å². The van der Waals surface area contributed by atoms with Crippen molar-refractivity contribution in [1.29, 1.82) is 0 Å². The summed E-state index contributed by atoms with van der Waals surface area (Å²) in [6.45, 7) is 3.60. The number of esters is 1. The molecule has 0 aliphatic rings. The summed E-state index contributed by atoms with van der Waals surface area (Å²) < 4.78 is 16.2. The number of methoxy groups -OCH3 is 1. The Labute approximate surface area is 145 Å². The maximum atomic E-state index is 12.4. The van der Waals surface area contributed by atoms with Crippen LogP contribution in [0, 0.1) is 6.92 Å². The van der Waals surface area contributed by atoms with E-state index in [1.165, 1.54) is 0 Å². The van der Waals surface area contributed by atoms with Crippen molar-refractivity contribution in [2.75, 3.05) is 7.11 Å². The van der Waals surface area contributed by atoms with Crippen LogP contribution >= 0.6 is 0 Å². The minimum absolute atomic E-state index is 0.0416. The van der Waals surface area contributed by atoms with Gasteiger partial charge < -0.3 is 13.9 Å². The lowest BCUT2D eigenvalue weighted by atomic mass is 10.1. The molecule has 0 bridgehead atoms. The highest BCUT2D eigenvalue weighted by molar-refractivity contribution is 5.98. The Morgan fingerprint density at radius 2 is 1.72 bits per heavy atom. The molecule has 0 N–H and O–H groups in total. The highest BCUT2D eigenvalue weighted by atomic mass is 16.5. The van der Waals surface area contributed by atoms with E-state index in [1.54, 1.807) is 57.4 Å². The van der Waals surface area contributed by atoms with Crippen LogP contribution < -0.4 is 9.47 Å². The van der Waals surface area contributed by atoms with Crippen LogP contribution in [-0.4, -0.2) is 18.9 Å². The first-order chi connectivity index (χ1) is 12.0. The van der Waals surface area contributed by atoms with Crippen LogP contribution in [0.1, 0.15) is 39.8 Å². The van der Waals surface area contributed by atoms with Gasteiger partial charge in [0, 0.05) is 22.9 Å². The molecule has 5 nitrogen and oxygen atoms in total. The van der Waals surface area contributed by atoms with Crippen LogP contribution in [0.2, 0.25) is 0 Å². The fourth-order valence-corrected chi connectivity index (χ4v) is 2.59. The molecule has 128 valence electrons. The van der Waals surface area contributed by atoms with Crippen LogP contribution in [0.25, 0.3) is 11.0 Å². The van der Waals surface area contributed by atoms with Gasteiger partial charge in [-0.3, -0.25) is 4.79 Å². The number of hydrogen-bond donors (Lipinski definition) is 0. The molecule has 1 aromatic heterocycles. The van der Waals surface area contributed by atoms with Gasteiger partial charge in [0.15, 0.2) is 5.78 Å². The monoisotopic (exact) mass is 338 g/mol. The van der Waals surface area contributed by atoms with Crippen molar-refractivity contribution in [2.24, 2.45) is 0 Å². The summed E-state index contributed by atoms with van der Waals surface area (Å²) in [4.78, 5) is 24.1. The zero-order valence-electron chi connectivity index (χ0n) is 14.3. The van der Waals surface area contributed by atoms with Crippen LogP contribution in [0.5, 0.6) is 11.5 Å². The number of hydrogen-bond acceptors (Lipinski definition) is 5. The van der Waals surface area contributed by atoms with Crippen molar-refractivity contribution in [2.45, 2.75) is 20.3 Å². The summed E-state index contributed by atoms with van der Waals surface area (Å²) in [7, 11) is 1.58. The molecule has 0 saturated carbocycles. The lowest BCUT2D eigenvalue weighted by Crippen LogP contribution is -2.09. The van der Waals surface area contributed by atoms with Crippen LogP contribution in [-0.2, 0) is 0 Å². The molecule has 0 spiro atoms. The summed E-state index contributed by atoms with van der Waals surface area (Å²) in [5.41, 5.74) is 1.88. The van der Waals surface area contributed by atoms with Crippen LogP contribution in [0.15, 0.2) is 46.9 Å². The molecule has 3 aromatic rings. The molecule has 25 heavy (non-hydrogen) atoms. The first-order valence-electron chi connectivity index (χ1n) is 7.96. The highest BCUT2D eigenvalue weighted by Gasteiger charge is 2.20. The van der Waals surface area contributed by atoms with E-state index in [1.807, 2.05) is 6.07 Å². The average molecular weight is 338 g/mol. The smallest absolute Gasteiger partial charge is 0.379 e. The Bertz CT molecular complexity index is 935. The molecule has 0 fully saturated rings. The Morgan fingerprint density at radius 1 is 1.04 bits per heavy atom. The number of fused-ring (bicyclic) bond motifs is 1. The molecule has 1 heterocycles. The number of carbonyl (C=O) groups excluding carboxylic acids is 2. The van der Waals surface area contributed by atoms with Crippen molar-refractivity contribution >= 4 is 22.7 Å². The van der Waals surface area contributed by atoms with Gasteiger partial charge in [0.05, 0.1) is 7.11 Å². The van der Waals surface area contributed by atoms with Gasteiger partial charge in [-0.25, -0.2) is 4.79 Å². The average Bonchev–Trinajstić information content (AvgIpc) is 2.98. The zero-order chi connectivity index (χ0) is 18.0. The Hall–Kier alpha value is -3.08. The molecule has 0 aliphatic heterocycles. The molecule has 2 aromatic carbocycles. The van der Waals surface area contributed by atoms with E-state index in [2.05, 4.69) is 0 Å². The van der Waals surface area contributed by atoms with E-state index in [9.17, 15) is 9.59 Å². The molecule has 0 aliphatic carbocycles. The third-order valence-electron chi connectivity index (χ3n) is 4.04. The van der Waals surface area contributed by atoms with E-state index in [0.29, 0.717) is 34.6 Å². The standard InChI is InChI=1S/C20H18O5/c1-4-17(21)13-5-7-14(8-6-13)24-20(22)19-12(2)16-11-15(23-3)9-10-18(16)25-19/h5-11H,4H2,1-3H3. The Morgan fingerprint density at radius 3 is 2.36 bits per heavy atom. The normalized spacial score (nSPS) is 10.7. The lowest BCUT2D eigenvalue weighted by molar-refractivity contribution is 0.0703. The third-order valence-corrected chi connectivity index (χ3v) is 4.04. The summed E-state index contributed by atoms with van der Waals surface area (Å²) in [5.74, 6) is 0.654. The number of carbonyl (C=O) groups is 2. The van der Waals surface area contributed by atoms with Crippen LogP contribution in [0.3, 0.4) is 0 Å². The van der Waals surface area contributed by atoms with Gasteiger partial charge in [-0.15, -0.1) is 0 Å². The van der Waals surface area contributed by atoms with E-state index >= 15 is 0 Å². The lowest BCUT2D eigenvalue weighted by Gasteiger charge is -2.04. The fraction of sp³-hybridized carbons (Fsp3) is 0.200. The minimum Gasteiger partial charge on any atom is -0.497 e. The Balaban J connectivity index is 1.85. The number of ether oxygens (including phenoxy) is 2. The van der Waals surface area contributed by atoms with E-state index in [4.69, 9.17) is 13.9 Å². The topological polar surface area (TPSA) is 65.7 Å². The van der Waals surface area contributed by atoms with Crippen molar-refractivity contribution in [3.05, 3.63) is 59.4 Å². The van der Waals surface area contributed by atoms with E-state index < -0.39 is 5.97 Å². The van der Waals surface area contributed by atoms with Crippen molar-refractivity contribution in [3.8, 4) is 11.5 Å². The van der Waals surface area contributed by atoms with Crippen molar-refractivity contribution in [3.63, 3.8) is 0 Å². The number of rotatable bonds is 5. The van der Waals surface area contributed by atoms with Gasteiger partial charge in [0.2, 0.25) is 5.76 Å². The fourth-order valence-electron chi connectivity index (χ4n) is 2.59. The highest BCUT2D eigenvalue weighted by Crippen LogP contribution is 2.29. The van der Waals surface area contributed by atoms with Gasteiger partial charge in [-0.1, -0.05) is 6.92 Å². The van der Waals surface area contributed by atoms with Crippen molar-refractivity contribution < 1.29 is 23.5 Å². The molecule has 5 heteroatoms. The molecular formula is C20H18O5. The summed E-state index contributed by atoms with van der Waals surface area (Å²) in [5, 5.41) is 0.801. The molecule has 0 saturated heterocycles. The zero-order valence-corrected chi connectivity index (χ0v) is 14.3. The third kappa shape index (κ3) is 3.26. The van der Waals surface area contributed by atoms with Gasteiger partial charge in [-0.2, -0.15) is 0 Å². The predicted octanol–water partition coefficient (Wildman–Crippen LogP) is 4.56. The summed E-state index contributed by atoms with van der Waals surface area (Å²) >= 11 is 0. The molecule has 0 unspecified atom stereocenters. The van der Waals surface area contributed by atoms with Gasteiger partial charge in [0.25, 0.3) is 0 Å². The quantitative estimate of drug-likeness (QED) is 0.387. The predicted molar refractivity (Wildman–Crippen MR) is 93.5 cm³/mol. The SMILES string of the molecule is CCC(=O)c1ccc(OC(=O)c2oc3ccc(OC)cc3c2C)cc1. The maximum Gasteiger partial charge on any atom is 0.379 e. The summed E-state index contributed by atoms with van der Waals surface area (Å²) in [6, 6.07) is 11.8. The second kappa shape index (κ2) is 6.81. The van der Waals surface area contributed by atoms with E-state index in [-0.39, 0.29) is 11.5 Å². The second-order valence-electron chi connectivity index (χ2n) is 5.61. The largest absolute Gasteiger partial charge is 0.497 e. The van der Waals surface area contributed by atoms with Crippen LogP contribution in [0.4, 0.5) is 0 Å². The number of aryl methyl sites for hydroxylation is 1. The molecule has 0 amide bonds. The van der Waals surface area contributed by atoms with Crippen molar-refractivity contribution in [1.82, 2.24) is 0 Å². The number of furan rings is 1. The number of benzene rings is 2. The van der Waals surface area contributed by atoms with Gasteiger partial charge in [-0.05, 0) is 49.4 Å². The molecular weight excluding hydrogens is 320 g/mol. The van der Waals surface area contributed by atoms with E-state index in [0.717, 1.165) is 5.39 Å². The summed E-state index contributed by atoms with van der Waals surface area (Å²) in [6.07, 6.45) is 0.431. The van der Waals surface area contributed by atoms with Gasteiger partial charge >= 0.3 is 5.97 Å². The minimum atomic E-state index is -0.581. The number of Topliss-reactive ketones (excluding diaryl/α,β-unsaturated/α-hetero) is 1. The molecule has 3 rings (SSSR count). The maximum absolute atomic E-state index is 12.4. The first kappa shape index (κ1) is 16.8. The molecule has 0 radical (unpaired) electrons. The first-order valence-corrected chi connectivity index (χ1v) is 7.96. The molecule has 0 atom stereocenters. The second-order valence-corrected chi connectivity index (χ2v) is 5.61.